The summed E-state index contributed by atoms with van der Waals surface area (Å²) in [5.41, 5.74) is 8.50. The maximum absolute atomic E-state index is 14.1. The van der Waals surface area contributed by atoms with Crippen LogP contribution in [-0.2, 0) is 5.75 Å². The van der Waals surface area contributed by atoms with Gasteiger partial charge in [0.15, 0.2) is 0 Å². The van der Waals surface area contributed by atoms with Crippen LogP contribution in [0.2, 0.25) is 0 Å². The molecule has 0 aliphatic carbocycles. The van der Waals surface area contributed by atoms with Crippen LogP contribution in [0.1, 0.15) is 21.5 Å². The third-order valence-electron chi connectivity index (χ3n) is 4.95. The molecule has 4 N–H and O–H groups in total. The average molecular weight is 538 g/mol. The van der Waals surface area contributed by atoms with E-state index < -0.39 is 11.7 Å². The normalized spacial score (nSPS) is 10.7. The van der Waals surface area contributed by atoms with Crippen molar-refractivity contribution in [1.29, 1.82) is 0 Å². The van der Waals surface area contributed by atoms with E-state index in [2.05, 4.69) is 54.7 Å². The molecule has 0 aliphatic rings. The summed E-state index contributed by atoms with van der Waals surface area (Å²) in [6.07, 6.45) is 1.57. The minimum absolute atomic E-state index is 0.217. The number of halogens is 2. The molecule has 0 atom stereocenters. The smallest absolute Gasteiger partial charge is 0.253 e. The maximum atomic E-state index is 14.1. The van der Waals surface area contributed by atoms with E-state index in [1.807, 2.05) is 37.3 Å². The van der Waals surface area contributed by atoms with Crippen LogP contribution < -0.4 is 16.4 Å². The summed E-state index contributed by atoms with van der Waals surface area (Å²) in [6, 6.07) is 20.7. The lowest BCUT2D eigenvalue weighted by Gasteiger charge is -2.14. The number of amides is 1. The topological polar surface area (TPSA) is 92.9 Å². The van der Waals surface area contributed by atoms with E-state index >= 15 is 0 Å². The molecule has 0 fully saturated rings. The van der Waals surface area contributed by atoms with Crippen LogP contribution in [0.3, 0.4) is 0 Å². The number of nitrogens with one attached hydrogen (secondary N) is 2. The van der Waals surface area contributed by atoms with Crippen molar-refractivity contribution in [2.24, 2.45) is 5.73 Å². The summed E-state index contributed by atoms with van der Waals surface area (Å²) >= 11 is 5.16. The zero-order chi connectivity index (χ0) is 24.1. The Morgan fingerprint density at radius 1 is 1.06 bits per heavy atom. The van der Waals surface area contributed by atoms with Gasteiger partial charge >= 0.3 is 0 Å². The lowest BCUT2D eigenvalue weighted by atomic mass is 10.1. The van der Waals surface area contributed by atoms with Gasteiger partial charge in [0.05, 0.1) is 15.7 Å². The molecule has 0 radical (unpaired) electrons. The van der Waals surface area contributed by atoms with Crippen molar-refractivity contribution in [3.05, 3.63) is 99.9 Å². The minimum atomic E-state index is -0.870. The van der Waals surface area contributed by atoms with Crippen molar-refractivity contribution >= 4 is 56.7 Å². The Balaban J connectivity index is 1.50. The lowest BCUT2D eigenvalue weighted by Crippen LogP contribution is -2.16. The van der Waals surface area contributed by atoms with Gasteiger partial charge < -0.3 is 16.4 Å². The van der Waals surface area contributed by atoms with Crippen LogP contribution in [0.4, 0.5) is 27.5 Å². The van der Waals surface area contributed by atoms with E-state index in [1.165, 1.54) is 17.7 Å². The van der Waals surface area contributed by atoms with E-state index in [9.17, 15) is 9.18 Å². The zero-order valence-electron chi connectivity index (χ0n) is 18.2. The molecule has 0 spiro atoms. The number of benzene rings is 3. The standard InChI is InChI=1S/C25H21BrFN5OS/c1-15-12-17(34-14-16-6-3-2-4-7-16)10-11-20(15)31-25-29-13-18(26)24(32-25)30-21-9-5-8-19(27)22(21)23(28)33/h2-13H,14H2,1H3,(H2,28,33)(H2,29,30,31,32). The van der Waals surface area contributed by atoms with E-state index in [4.69, 9.17) is 5.73 Å². The zero-order valence-corrected chi connectivity index (χ0v) is 20.6. The number of aryl methyl sites for hydroxylation is 1. The molecule has 1 aromatic heterocycles. The first kappa shape index (κ1) is 23.7. The van der Waals surface area contributed by atoms with Crippen LogP contribution in [0.25, 0.3) is 0 Å². The molecule has 1 amide bonds. The van der Waals surface area contributed by atoms with Gasteiger partial charge in [-0.15, -0.1) is 11.8 Å². The number of carbonyl (C=O) groups is 1. The van der Waals surface area contributed by atoms with E-state index in [0.717, 1.165) is 21.9 Å². The molecule has 172 valence electrons. The largest absolute Gasteiger partial charge is 0.365 e. The first-order valence-corrected chi connectivity index (χ1v) is 12.1. The number of aromatic nitrogens is 2. The Morgan fingerprint density at radius 2 is 1.85 bits per heavy atom. The van der Waals surface area contributed by atoms with Crippen molar-refractivity contribution in [3.8, 4) is 0 Å². The van der Waals surface area contributed by atoms with Crippen molar-refractivity contribution in [1.82, 2.24) is 9.97 Å². The summed E-state index contributed by atoms with van der Waals surface area (Å²) in [6.45, 7) is 2.01. The molecule has 0 bridgehead atoms. The van der Waals surface area contributed by atoms with Gasteiger partial charge in [0.2, 0.25) is 5.95 Å². The van der Waals surface area contributed by atoms with Gasteiger partial charge in [0, 0.05) is 22.5 Å². The number of nitrogens with two attached hydrogens (primary N) is 1. The summed E-state index contributed by atoms with van der Waals surface area (Å²) < 4.78 is 14.6. The number of thioether (sulfide) groups is 1. The van der Waals surface area contributed by atoms with Crippen molar-refractivity contribution in [2.45, 2.75) is 17.6 Å². The summed E-state index contributed by atoms with van der Waals surface area (Å²) in [5, 5.41) is 6.18. The fourth-order valence-corrected chi connectivity index (χ4v) is 4.49. The molecule has 3 aromatic carbocycles. The van der Waals surface area contributed by atoms with Gasteiger partial charge in [-0.05, 0) is 64.3 Å². The molecule has 0 unspecified atom stereocenters. The number of rotatable bonds is 8. The summed E-state index contributed by atoms with van der Waals surface area (Å²) in [5.74, 6) is 0.0197. The fraction of sp³-hybridized carbons (Fsp3) is 0.0800. The predicted molar refractivity (Wildman–Crippen MR) is 138 cm³/mol. The van der Waals surface area contributed by atoms with Gasteiger partial charge in [0.25, 0.3) is 5.91 Å². The van der Waals surface area contributed by atoms with Gasteiger partial charge in [-0.3, -0.25) is 4.79 Å². The SMILES string of the molecule is Cc1cc(SCc2ccccc2)ccc1Nc1ncc(Br)c(Nc2cccc(F)c2C(N)=O)n1. The molecule has 0 aliphatic heterocycles. The van der Waals surface area contributed by atoms with Crippen LogP contribution in [0.5, 0.6) is 0 Å². The quantitative estimate of drug-likeness (QED) is 0.220. The molecular weight excluding hydrogens is 517 g/mol. The first-order valence-electron chi connectivity index (χ1n) is 10.3. The molecule has 0 saturated carbocycles. The van der Waals surface area contributed by atoms with Crippen LogP contribution >= 0.6 is 27.7 Å². The third kappa shape index (κ3) is 5.73. The molecule has 9 heteroatoms. The van der Waals surface area contributed by atoms with E-state index in [-0.39, 0.29) is 11.3 Å². The maximum Gasteiger partial charge on any atom is 0.253 e. The molecule has 0 saturated heterocycles. The predicted octanol–water partition coefficient (Wildman–Crippen LogP) is 6.57. The second kappa shape index (κ2) is 10.7. The number of carbonyl (C=O) groups excluding carboxylic acids is 1. The Morgan fingerprint density at radius 3 is 2.59 bits per heavy atom. The lowest BCUT2D eigenvalue weighted by molar-refractivity contribution is 0.0997. The minimum Gasteiger partial charge on any atom is -0.365 e. The first-order chi connectivity index (χ1) is 16.4. The highest BCUT2D eigenvalue weighted by Crippen LogP contribution is 2.30. The van der Waals surface area contributed by atoms with Crippen molar-refractivity contribution < 1.29 is 9.18 Å². The van der Waals surface area contributed by atoms with Gasteiger partial charge in [-0.2, -0.15) is 4.98 Å². The number of hydrogen-bond acceptors (Lipinski definition) is 6. The van der Waals surface area contributed by atoms with Crippen LogP contribution in [-0.4, -0.2) is 15.9 Å². The Hall–Kier alpha value is -3.43. The molecule has 34 heavy (non-hydrogen) atoms. The number of primary amides is 1. The van der Waals surface area contributed by atoms with E-state index in [1.54, 1.807) is 24.0 Å². The van der Waals surface area contributed by atoms with Crippen molar-refractivity contribution in [3.63, 3.8) is 0 Å². The van der Waals surface area contributed by atoms with Gasteiger partial charge in [0.1, 0.15) is 11.6 Å². The number of anilines is 4. The average Bonchev–Trinajstić information content (AvgIpc) is 2.82. The highest BCUT2D eigenvalue weighted by molar-refractivity contribution is 9.10. The van der Waals surface area contributed by atoms with Gasteiger partial charge in [-0.1, -0.05) is 36.4 Å². The van der Waals surface area contributed by atoms with Crippen LogP contribution in [0.15, 0.2) is 82.3 Å². The highest BCUT2D eigenvalue weighted by Gasteiger charge is 2.16. The van der Waals surface area contributed by atoms with Crippen molar-refractivity contribution in [2.75, 3.05) is 10.6 Å². The molecule has 6 nitrogen and oxygen atoms in total. The Bertz CT molecular complexity index is 1340. The fourth-order valence-electron chi connectivity index (χ4n) is 3.25. The third-order valence-corrected chi connectivity index (χ3v) is 6.60. The molecular formula is C25H21BrFN5OS. The highest BCUT2D eigenvalue weighted by atomic mass is 79.9. The van der Waals surface area contributed by atoms with E-state index in [0.29, 0.717) is 16.2 Å². The van der Waals surface area contributed by atoms with Gasteiger partial charge in [-0.25, -0.2) is 9.37 Å². The summed E-state index contributed by atoms with van der Waals surface area (Å²) in [7, 11) is 0. The molecule has 4 aromatic rings. The number of hydrogen-bond donors (Lipinski definition) is 3. The molecule has 4 rings (SSSR count). The van der Waals surface area contributed by atoms with Crippen LogP contribution in [0, 0.1) is 12.7 Å². The second-order valence-electron chi connectivity index (χ2n) is 7.42. The monoisotopic (exact) mass is 537 g/mol. The Kier molecular flexibility index (Phi) is 7.44. The number of nitrogens with zero attached hydrogens (tertiary/aromatic N) is 2. The summed E-state index contributed by atoms with van der Waals surface area (Å²) in [4.78, 5) is 21.6. The Labute approximate surface area is 209 Å². The molecule has 1 heterocycles. The second-order valence-corrected chi connectivity index (χ2v) is 9.32.